The molecule has 2 aromatic carbocycles. The van der Waals surface area contributed by atoms with Gasteiger partial charge in [0.05, 0.1) is 6.42 Å². The van der Waals surface area contributed by atoms with Crippen LogP contribution in [0.2, 0.25) is 5.02 Å². The Hall–Kier alpha value is -2.33. The molecule has 2 aromatic rings. The monoisotopic (exact) mass is 356 g/mol. The number of hydrogen-bond acceptors (Lipinski definition) is 2. The first-order valence-corrected chi connectivity index (χ1v) is 8.76. The first kappa shape index (κ1) is 17.5. The molecular weight excluding hydrogens is 336 g/mol. The van der Waals surface area contributed by atoms with Gasteiger partial charge >= 0.3 is 0 Å². The van der Waals surface area contributed by atoms with E-state index in [9.17, 15) is 9.59 Å². The molecule has 1 aliphatic heterocycles. The molecule has 1 N–H and O–H groups in total. The molecule has 2 amide bonds. The summed E-state index contributed by atoms with van der Waals surface area (Å²) >= 11 is 5.99. The minimum atomic E-state index is -0.600. The van der Waals surface area contributed by atoms with Gasteiger partial charge in [0.25, 0.3) is 0 Å². The molecule has 3 rings (SSSR count). The molecule has 4 nitrogen and oxygen atoms in total. The molecule has 130 valence electrons. The molecule has 0 unspecified atom stereocenters. The summed E-state index contributed by atoms with van der Waals surface area (Å²) in [6.45, 7) is 4.24. The molecule has 0 radical (unpaired) electrons. The SMILES string of the molecule is CC(C)N1C(=O)Cc2ccccc2[C@@H]1C(=O)NCc1cccc(Cl)c1. The Morgan fingerprint density at radius 3 is 2.72 bits per heavy atom. The number of nitrogens with one attached hydrogen (secondary N) is 1. The smallest absolute Gasteiger partial charge is 0.247 e. The summed E-state index contributed by atoms with van der Waals surface area (Å²) < 4.78 is 0. The van der Waals surface area contributed by atoms with Crippen molar-refractivity contribution in [2.24, 2.45) is 0 Å². The second-order valence-corrected chi connectivity index (χ2v) is 6.96. The van der Waals surface area contributed by atoms with Crippen LogP contribution < -0.4 is 5.32 Å². The molecule has 5 heteroatoms. The van der Waals surface area contributed by atoms with Crippen LogP contribution in [0, 0.1) is 0 Å². The Kier molecular flexibility index (Phi) is 5.09. The van der Waals surface area contributed by atoms with Crippen molar-refractivity contribution in [3.8, 4) is 0 Å². The third-order valence-electron chi connectivity index (χ3n) is 4.42. The maximum Gasteiger partial charge on any atom is 0.247 e. The lowest BCUT2D eigenvalue weighted by atomic mass is 9.90. The van der Waals surface area contributed by atoms with E-state index in [0.717, 1.165) is 16.7 Å². The number of rotatable bonds is 4. The Bertz CT molecular complexity index is 804. The number of carbonyl (C=O) groups is 2. The molecule has 1 atom stereocenters. The number of nitrogens with zero attached hydrogens (tertiary/aromatic N) is 1. The van der Waals surface area contributed by atoms with Crippen molar-refractivity contribution in [2.75, 3.05) is 0 Å². The fourth-order valence-corrected chi connectivity index (χ4v) is 3.51. The standard InChI is InChI=1S/C20H21ClN2O2/c1-13(2)23-18(24)11-15-7-3-4-9-17(15)19(23)20(25)22-12-14-6-5-8-16(21)10-14/h3-10,13,19H,11-12H2,1-2H3,(H,22,25)/t19-/m1/s1. The highest BCUT2D eigenvalue weighted by Crippen LogP contribution is 2.32. The average Bonchev–Trinajstić information content (AvgIpc) is 2.58. The van der Waals surface area contributed by atoms with E-state index in [0.29, 0.717) is 18.0 Å². The highest BCUT2D eigenvalue weighted by atomic mass is 35.5. The molecule has 0 spiro atoms. The van der Waals surface area contributed by atoms with E-state index in [4.69, 9.17) is 11.6 Å². The van der Waals surface area contributed by atoms with Gasteiger partial charge in [0, 0.05) is 17.6 Å². The minimum absolute atomic E-state index is 0.0170. The first-order valence-electron chi connectivity index (χ1n) is 8.38. The molecule has 0 saturated carbocycles. The predicted octanol–water partition coefficient (Wildman–Crippen LogP) is 3.49. The zero-order chi connectivity index (χ0) is 18.0. The van der Waals surface area contributed by atoms with Crippen molar-refractivity contribution < 1.29 is 9.59 Å². The summed E-state index contributed by atoms with van der Waals surface area (Å²) in [6, 6.07) is 14.4. The van der Waals surface area contributed by atoms with Gasteiger partial charge in [-0.25, -0.2) is 0 Å². The summed E-state index contributed by atoms with van der Waals surface area (Å²) in [6.07, 6.45) is 0.340. The second-order valence-electron chi connectivity index (χ2n) is 6.52. The molecule has 0 aromatic heterocycles. The van der Waals surface area contributed by atoms with Crippen LogP contribution in [0.15, 0.2) is 48.5 Å². The van der Waals surface area contributed by atoms with Crippen molar-refractivity contribution in [2.45, 2.75) is 38.9 Å². The number of fused-ring (bicyclic) bond motifs is 1. The van der Waals surface area contributed by atoms with E-state index >= 15 is 0 Å². The molecule has 0 bridgehead atoms. The van der Waals surface area contributed by atoms with E-state index in [1.807, 2.05) is 56.3 Å². The number of carbonyl (C=O) groups excluding carboxylic acids is 2. The maximum absolute atomic E-state index is 12.9. The number of hydrogen-bond donors (Lipinski definition) is 1. The van der Waals surface area contributed by atoms with Gasteiger partial charge in [0.2, 0.25) is 11.8 Å². The summed E-state index contributed by atoms with van der Waals surface area (Å²) in [5.74, 6) is -0.189. The minimum Gasteiger partial charge on any atom is -0.350 e. The van der Waals surface area contributed by atoms with Crippen molar-refractivity contribution >= 4 is 23.4 Å². The lowest BCUT2D eigenvalue weighted by molar-refractivity contribution is -0.143. The van der Waals surface area contributed by atoms with E-state index in [1.165, 1.54) is 0 Å². The van der Waals surface area contributed by atoms with E-state index in [-0.39, 0.29) is 17.9 Å². The summed E-state index contributed by atoms with van der Waals surface area (Å²) in [7, 11) is 0. The van der Waals surface area contributed by atoms with Gasteiger partial charge in [0.1, 0.15) is 6.04 Å². The Balaban J connectivity index is 1.86. The topological polar surface area (TPSA) is 49.4 Å². The third-order valence-corrected chi connectivity index (χ3v) is 4.65. The Morgan fingerprint density at radius 1 is 1.24 bits per heavy atom. The summed E-state index contributed by atoms with van der Waals surface area (Å²) in [4.78, 5) is 27.2. The quantitative estimate of drug-likeness (QED) is 0.911. The number of benzene rings is 2. The molecule has 1 heterocycles. The number of halogens is 1. The molecule has 25 heavy (non-hydrogen) atoms. The summed E-state index contributed by atoms with van der Waals surface area (Å²) in [5.41, 5.74) is 2.75. The highest BCUT2D eigenvalue weighted by molar-refractivity contribution is 6.30. The van der Waals surface area contributed by atoms with Crippen LogP contribution in [0.25, 0.3) is 0 Å². The zero-order valence-electron chi connectivity index (χ0n) is 14.3. The molecule has 1 aliphatic rings. The van der Waals surface area contributed by atoms with Gasteiger partial charge < -0.3 is 10.2 Å². The van der Waals surface area contributed by atoms with Crippen molar-refractivity contribution in [3.63, 3.8) is 0 Å². The normalized spacial score (nSPS) is 16.7. The molecule has 0 aliphatic carbocycles. The highest BCUT2D eigenvalue weighted by Gasteiger charge is 2.38. The average molecular weight is 357 g/mol. The van der Waals surface area contributed by atoms with Crippen LogP contribution in [0.4, 0.5) is 0 Å². The molecule has 0 saturated heterocycles. The van der Waals surface area contributed by atoms with Crippen LogP contribution in [0.1, 0.15) is 36.6 Å². The molecular formula is C20H21ClN2O2. The van der Waals surface area contributed by atoms with Gasteiger partial charge in [-0.15, -0.1) is 0 Å². The fraction of sp³-hybridized carbons (Fsp3) is 0.300. The van der Waals surface area contributed by atoms with Gasteiger partial charge in [0.15, 0.2) is 0 Å². The van der Waals surface area contributed by atoms with Crippen molar-refractivity contribution in [1.82, 2.24) is 10.2 Å². The second kappa shape index (κ2) is 7.28. The van der Waals surface area contributed by atoms with Crippen LogP contribution in [0.3, 0.4) is 0 Å². The van der Waals surface area contributed by atoms with E-state index < -0.39 is 6.04 Å². The largest absolute Gasteiger partial charge is 0.350 e. The van der Waals surface area contributed by atoms with Crippen LogP contribution in [0.5, 0.6) is 0 Å². The van der Waals surface area contributed by atoms with Gasteiger partial charge in [-0.05, 0) is 42.7 Å². The number of amides is 2. The third kappa shape index (κ3) is 3.69. The van der Waals surface area contributed by atoms with Crippen molar-refractivity contribution in [1.29, 1.82) is 0 Å². The van der Waals surface area contributed by atoms with Crippen LogP contribution in [-0.4, -0.2) is 22.8 Å². The van der Waals surface area contributed by atoms with Crippen molar-refractivity contribution in [3.05, 3.63) is 70.2 Å². The predicted molar refractivity (Wildman–Crippen MR) is 98.2 cm³/mol. The van der Waals surface area contributed by atoms with E-state index in [1.54, 1.807) is 11.0 Å². The van der Waals surface area contributed by atoms with Crippen LogP contribution >= 0.6 is 11.6 Å². The maximum atomic E-state index is 12.9. The summed E-state index contributed by atoms with van der Waals surface area (Å²) in [5, 5.41) is 3.58. The lowest BCUT2D eigenvalue weighted by Gasteiger charge is -2.39. The van der Waals surface area contributed by atoms with Gasteiger partial charge in [-0.2, -0.15) is 0 Å². The van der Waals surface area contributed by atoms with Crippen LogP contribution in [-0.2, 0) is 22.6 Å². The molecule has 0 fully saturated rings. The van der Waals surface area contributed by atoms with Gasteiger partial charge in [-0.3, -0.25) is 9.59 Å². The zero-order valence-corrected chi connectivity index (χ0v) is 15.1. The Labute approximate surface area is 152 Å². The van der Waals surface area contributed by atoms with Gasteiger partial charge in [-0.1, -0.05) is 48.0 Å². The fourth-order valence-electron chi connectivity index (χ4n) is 3.30. The van der Waals surface area contributed by atoms with E-state index in [2.05, 4.69) is 5.32 Å². The first-order chi connectivity index (χ1) is 12.0. The lowest BCUT2D eigenvalue weighted by Crippen LogP contribution is -2.50. The Morgan fingerprint density at radius 2 is 2.00 bits per heavy atom.